The maximum Gasteiger partial charge on any atom is 0.225 e. The molecule has 0 saturated carbocycles. The summed E-state index contributed by atoms with van der Waals surface area (Å²) in [4.78, 5) is 10.7. The van der Waals surface area contributed by atoms with Crippen LogP contribution in [-0.4, -0.2) is 35.6 Å². The van der Waals surface area contributed by atoms with E-state index in [1.807, 2.05) is 6.07 Å². The highest BCUT2D eigenvalue weighted by Gasteiger charge is 2.16. The van der Waals surface area contributed by atoms with Crippen molar-refractivity contribution in [3.8, 4) is 0 Å². The van der Waals surface area contributed by atoms with Crippen molar-refractivity contribution in [3.63, 3.8) is 0 Å². The number of aromatic nitrogens is 2. The van der Waals surface area contributed by atoms with Crippen molar-refractivity contribution in [1.82, 2.24) is 15.3 Å². The highest BCUT2D eigenvalue weighted by atomic mass is 79.9. The number of halogens is 1. The third-order valence-electron chi connectivity index (χ3n) is 2.20. The van der Waals surface area contributed by atoms with E-state index in [1.165, 1.54) is 0 Å². The molecule has 0 aliphatic carbocycles. The summed E-state index contributed by atoms with van der Waals surface area (Å²) in [6.07, 6.45) is 3.57. The molecular formula is C9H15BrN4. The lowest BCUT2D eigenvalue weighted by Crippen LogP contribution is -2.49. The average molecular weight is 259 g/mol. The van der Waals surface area contributed by atoms with Gasteiger partial charge in [0.2, 0.25) is 5.95 Å². The van der Waals surface area contributed by atoms with Crippen LogP contribution in [-0.2, 0) is 0 Å². The lowest BCUT2D eigenvalue weighted by Gasteiger charge is -2.31. The van der Waals surface area contributed by atoms with Gasteiger partial charge in [0.15, 0.2) is 0 Å². The lowest BCUT2D eigenvalue weighted by atomic mass is 10.2. The SMILES string of the molecule is Br.C[C@H]1CN(c2ncccn2)CCN1. The first kappa shape index (κ1) is 11.4. The number of anilines is 1. The van der Waals surface area contributed by atoms with Gasteiger partial charge in [0.05, 0.1) is 0 Å². The Morgan fingerprint density at radius 1 is 1.43 bits per heavy atom. The van der Waals surface area contributed by atoms with Crippen LogP contribution in [0.4, 0.5) is 5.95 Å². The van der Waals surface area contributed by atoms with Gasteiger partial charge in [-0.1, -0.05) is 0 Å². The molecule has 0 aromatic carbocycles. The van der Waals surface area contributed by atoms with Gasteiger partial charge in [0.1, 0.15) is 0 Å². The fourth-order valence-corrected chi connectivity index (χ4v) is 1.57. The molecule has 14 heavy (non-hydrogen) atoms. The van der Waals surface area contributed by atoms with Gasteiger partial charge in [-0.05, 0) is 13.0 Å². The summed E-state index contributed by atoms with van der Waals surface area (Å²) in [6.45, 7) is 5.17. The molecule has 0 spiro atoms. The van der Waals surface area contributed by atoms with Gasteiger partial charge in [0.25, 0.3) is 0 Å². The zero-order valence-corrected chi connectivity index (χ0v) is 9.89. The van der Waals surface area contributed by atoms with E-state index in [0.717, 1.165) is 25.6 Å². The monoisotopic (exact) mass is 258 g/mol. The van der Waals surface area contributed by atoms with Crippen molar-refractivity contribution in [2.24, 2.45) is 0 Å². The summed E-state index contributed by atoms with van der Waals surface area (Å²) in [5.41, 5.74) is 0. The average Bonchev–Trinajstić information content (AvgIpc) is 2.19. The molecule has 1 aliphatic rings. The van der Waals surface area contributed by atoms with Gasteiger partial charge in [-0.3, -0.25) is 0 Å². The molecule has 1 N–H and O–H groups in total. The predicted molar refractivity (Wildman–Crippen MR) is 62.0 cm³/mol. The van der Waals surface area contributed by atoms with E-state index in [1.54, 1.807) is 12.4 Å². The van der Waals surface area contributed by atoms with Crippen LogP contribution in [0.15, 0.2) is 18.5 Å². The van der Waals surface area contributed by atoms with Crippen molar-refractivity contribution in [3.05, 3.63) is 18.5 Å². The summed E-state index contributed by atoms with van der Waals surface area (Å²) in [5, 5.41) is 3.38. The van der Waals surface area contributed by atoms with Crippen LogP contribution >= 0.6 is 17.0 Å². The minimum atomic E-state index is 0. The molecule has 5 heteroatoms. The second-order valence-electron chi connectivity index (χ2n) is 3.35. The summed E-state index contributed by atoms with van der Waals surface area (Å²) in [7, 11) is 0. The van der Waals surface area contributed by atoms with Gasteiger partial charge < -0.3 is 10.2 Å². The van der Waals surface area contributed by atoms with Crippen molar-refractivity contribution >= 4 is 22.9 Å². The second-order valence-corrected chi connectivity index (χ2v) is 3.35. The van der Waals surface area contributed by atoms with Gasteiger partial charge >= 0.3 is 0 Å². The van der Waals surface area contributed by atoms with E-state index in [-0.39, 0.29) is 17.0 Å². The van der Waals surface area contributed by atoms with E-state index in [4.69, 9.17) is 0 Å². The quantitative estimate of drug-likeness (QED) is 0.812. The zero-order valence-electron chi connectivity index (χ0n) is 8.18. The van der Waals surface area contributed by atoms with Crippen molar-refractivity contribution in [1.29, 1.82) is 0 Å². The number of hydrogen-bond donors (Lipinski definition) is 1. The predicted octanol–water partition coefficient (Wildman–Crippen LogP) is 0.853. The van der Waals surface area contributed by atoms with Gasteiger partial charge in [-0.2, -0.15) is 0 Å². The molecule has 0 radical (unpaired) electrons. The molecule has 0 amide bonds. The van der Waals surface area contributed by atoms with Crippen LogP contribution in [0.3, 0.4) is 0 Å². The van der Waals surface area contributed by atoms with E-state index in [2.05, 4.69) is 27.1 Å². The maximum absolute atomic E-state index is 4.22. The number of nitrogens with zero attached hydrogens (tertiary/aromatic N) is 3. The molecule has 0 bridgehead atoms. The van der Waals surface area contributed by atoms with Crippen LogP contribution in [0.25, 0.3) is 0 Å². The van der Waals surface area contributed by atoms with Crippen molar-refractivity contribution < 1.29 is 0 Å². The zero-order chi connectivity index (χ0) is 9.10. The molecule has 1 aliphatic heterocycles. The fraction of sp³-hybridized carbons (Fsp3) is 0.556. The number of hydrogen-bond acceptors (Lipinski definition) is 4. The lowest BCUT2D eigenvalue weighted by molar-refractivity contribution is 0.479. The van der Waals surface area contributed by atoms with Crippen molar-refractivity contribution in [2.75, 3.05) is 24.5 Å². The molecule has 1 fully saturated rings. The van der Waals surface area contributed by atoms with E-state index < -0.39 is 0 Å². The minimum Gasteiger partial charge on any atom is -0.338 e. The Labute approximate surface area is 94.5 Å². The molecule has 1 atom stereocenters. The third-order valence-corrected chi connectivity index (χ3v) is 2.20. The number of rotatable bonds is 1. The van der Waals surface area contributed by atoms with Crippen LogP contribution in [0.1, 0.15) is 6.92 Å². The maximum atomic E-state index is 4.22. The Morgan fingerprint density at radius 2 is 2.14 bits per heavy atom. The second kappa shape index (κ2) is 5.26. The smallest absolute Gasteiger partial charge is 0.225 e. The Balaban J connectivity index is 0.000000980. The van der Waals surface area contributed by atoms with E-state index in [0.29, 0.717) is 6.04 Å². The first-order valence-corrected chi connectivity index (χ1v) is 4.61. The first-order chi connectivity index (χ1) is 6.36. The molecular weight excluding hydrogens is 244 g/mol. The topological polar surface area (TPSA) is 41.1 Å². The molecule has 4 nitrogen and oxygen atoms in total. The number of piperazine rings is 1. The molecule has 1 aromatic rings. The molecule has 2 rings (SSSR count). The Hall–Kier alpha value is -0.680. The highest BCUT2D eigenvalue weighted by Crippen LogP contribution is 2.07. The molecule has 1 saturated heterocycles. The normalized spacial score (nSPS) is 21.5. The third kappa shape index (κ3) is 2.65. The van der Waals surface area contributed by atoms with Crippen molar-refractivity contribution in [2.45, 2.75) is 13.0 Å². The van der Waals surface area contributed by atoms with Gasteiger partial charge in [-0.15, -0.1) is 17.0 Å². The first-order valence-electron chi connectivity index (χ1n) is 4.61. The van der Waals surface area contributed by atoms with Gasteiger partial charge in [0, 0.05) is 38.1 Å². The summed E-state index contributed by atoms with van der Waals surface area (Å²) in [5.74, 6) is 0.843. The molecule has 78 valence electrons. The van der Waals surface area contributed by atoms with Crippen LogP contribution in [0.2, 0.25) is 0 Å². The van der Waals surface area contributed by atoms with Gasteiger partial charge in [-0.25, -0.2) is 9.97 Å². The largest absolute Gasteiger partial charge is 0.338 e. The Bertz CT molecular complexity index is 267. The van der Waals surface area contributed by atoms with E-state index in [9.17, 15) is 0 Å². The summed E-state index contributed by atoms with van der Waals surface area (Å²) < 4.78 is 0. The summed E-state index contributed by atoms with van der Waals surface area (Å²) in [6, 6.07) is 2.37. The molecule has 0 unspecified atom stereocenters. The molecule has 2 heterocycles. The van der Waals surface area contributed by atoms with Crippen LogP contribution < -0.4 is 10.2 Å². The van der Waals surface area contributed by atoms with Crippen LogP contribution in [0, 0.1) is 0 Å². The highest BCUT2D eigenvalue weighted by molar-refractivity contribution is 8.93. The summed E-state index contributed by atoms with van der Waals surface area (Å²) >= 11 is 0. The van der Waals surface area contributed by atoms with E-state index >= 15 is 0 Å². The minimum absolute atomic E-state index is 0. The standard InChI is InChI=1S/C9H14N4.BrH/c1-8-7-13(6-5-10-8)9-11-3-2-4-12-9;/h2-4,8,10H,5-7H2,1H3;1H/t8-;/m0./s1. The van der Waals surface area contributed by atoms with Crippen LogP contribution in [0.5, 0.6) is 0 Å². The number of nitrogens with one attached hydrogen (secondary N) is 1. The fourth-order valence-electron chi connectivity index (χ4n) is 1.57. The Kier molecular flexibility index (Phi) is 4.28. The molecule has 1 aromatic heterocycles. The Morgan fingerprint density at radius 3 is 2.79 bits per heavy atom.